The number of hydrogen-bond donors (Lipinski definition) is 2. The number of pyridine rings is 1. The largest absolute Gasteiger partial charge is 0.508 e. The molecule has 1 unspecified atom stereocenters. The number of aromatic hydroxyl groups is 1. The van der Waals surface area contributed by atoms with Gasteiger partial charge in [-0.3, -0.25) is 24.5 Å². The van der Waals surface area contributed by atoms with Crippen molar-refractivity contribution in [3.05, 3.63) is 76.6 Å². The van der Waals surface area contributed by atoms with Crippen LogP contribution in [-0.4, -0.2) is 152 Å². The maximum atomic E-state index is 17.5. The minimum absolute atomic E-state index is 0.0217. The zero-order valence-corrected chi connectivity index (χ0v) is 43.9. The molecular weight excluding hydrogens is 999 g/mol. The van der Waals surface area contributed by atoms with Crippen LogP contribution in [0.4, 0.5) is 19.4 Å². The number of carbonyl (C=O) groups is 3. The quantitative estimate of drug-likeness (QED) is 0.107. The molecule has 0 saturated carbocycles. The van der Waals surface area contributed by atoms with Crippen LogP contribution < -0.4 is 15.0 Å². The summed E-state index contributed by atoms with van der Waals surface area (Å²) in [5.74, 6) is 0.935. The number of anilines is 1. The summed E-state index contributed by atoms with van der Waals surface area (Å²) in [4.78, 5) is 62.0. The van der Waals surface area contributed by atoms with Gasteiger partial charge >= 0.3 is 12.1 Å². The standard InChI is InChI=1S/C59H64F2N10O7/c1-3-41-45(60)11-7-36-28-40(72)30-44(49(36)41)53-51(61)54-50-46(62-53)12-8-38-31-76-27-5-21-70(38)55(50)65-57(64-54)78-33-59-19-4-22-71(59)39(14-20-59)32-77-58(75)69-25-17-37(18-26-69)68-23-15-34(16-24-68)35-6-9-42-47(29-35)67(2)66-52(42)43-10-13-48(73)63-56(43)74/h1,6-7,9,11,28-30,34,37-39,43,72H,4-5,8,10,12-27,31-33H2,2H3,(H,63,73,74)/t38-,39-,43?,59-/m0/s1. The number of terminal acetylenes is 1. The van der Waals surface area contributed by atoms with Crippen molar-refractivity contribution in [2.45, 2.75) is 119 Å². The van der Waals surface area contributed by atoms with Crippen molar-refractivity contribution in [1.29, 1.82) is 0 Å². The molecule has 7 aliphatic rings. The van der Waals surface area contributed by atoms with Crippen molar-refractivity contribution >= 4 is 56.3 Å². The fourth-order valence-electron chi connectivity index (χ4n) is 14.3. The molecule has 3 aromatic heterocycles. The smallest absolute Gasteiger partial charge is 0.409 e. The molecular formula is C59H64F2N10O7. The number of nitrogens with zero attached hydrogens (tertiary/aromatic N) is 9. The first-order chi connectivity index (χ1) is 37.9. The third-order valence-electron chi connectivity index (χ3n) is 18.3. The van der Waals surface area contributed by atoms with Crippen LogP contribution >= 0.6 is 0 Å². The molecule has 0 bridgehead atoms. The topological polar surface area (TPSA) is 181 Å². The highest BCUT2D eigenvalue weighted by atomic mass is 19.1. The summed E-state index contributed by atoms with van der Waals surface area (Å²) in [6.07, 6.45) is 15.6. The van der Waals surface area contributed by atoms with E-state index >= 15 is 8.78 Å². The summed E-state index contributed by atoms with van der Waals surface area (Å²) in [5.41, 5.74) is 3.31. The number of imide groups is 1. The van der Waals surface area contributed by atoms with Crippen molar-refractivity contribution in [1.82, 2.24) is 44.7 Å². The van der Waals surface area contributed by atoms with Crippen LogP contribution in [0, 0.1) is 24.0 Å². The highest BCUT2D eigenvalue weighted by Gasteiger charge is 2.50. The molecule has 0 spiro atoms. The predicted molar refractivity (Wildman–Crippen MR) is 287 cm³/mol. The predicted octanol–water partition coefficient (Wildman–Crippen LogP) is 7.61. The Morgan fingerprint density at radius 2 is 1.76 bits per heavy atom. The number of rotatable bonds is 9. The van der Waals surface area contributed by atoms with E-state index in [0.29, 0.717) is 92.8 Å². The van der Waals surface area contributed by atoms with E-state index in [1.807, 2.05) is 16.6 Å². The van der Waals surface area contributed by atoms with Crippen molar-refractivity contribution in [3.8, 4) is 35.4 Å². The second kappa shape index (κ2) is 20.3. The van der Waals surface area contributed by atoms with Gasteiger partial charge in [-0.1, -0.05) is 24.1 Å². The van der Waals surface area contributed by atoms with Crippen LogP contribution in [0.3, 0.4) is 0 Å². The Balaban J connectivity index is 0.654. The van der Waals surface area contributed by atoms with Gasteiger partial charge in [0.2, 0.25) is 11.8 Å². The number of halogens is 2. The Labute approximate surface area is 450 Å². The highest BCUT2D eigenvalue weighted by molar-refractivity contribution is 6.04. The number of phenols is 1. The average Bonchev–Trinajstić information content (AvgIpc) is 4.12. The van der Waals surface area contributed by atoms with E-state index in [2.05, 4.69) is 44.1 Å². The monoisotopic (exact) mass is 1060 g/mol. The first kappa shape index (κ1) is 50.5. The third kappa shape index (κ3) is 8.93. The van der Waals surface area contributed by atoms with Gasteiger partial charge in [0.25, 0.3) is 0 Å². The Hall–Kier alpha value is -7.01. The number of nitrogens with one attached hydrogen (secondary N) is 1. The van der Waals surface area contributed by atoms with Gasteiger partial charge in [0.1, 0.15) is 41.8 Å². The Kier molecular flexibility index (Phi) is 13.2. The number of aryl methyl sites for hydroxylation is 2. The van der Waals surface area contributed by atoms with Crippen LogP contribution in [0.25, 0.3) is 43.8 Å². The molecule has 3 amide bonds. The molecule has 78 heavy (non-hydrogen) atoms. The van der Waals surface area contributed by atoms with E-state index in [0.717, 1.165) is 94.0 Å². The lowest BCUT2D eigenvalue weighted by molar-refractivity contribution is -0.134. The fourth-order valence-corrected chi connectivity index (χ4v) is 14.3. The molecule has 3 aromatic carbocycles. The number of hydrogen-bond acceptors (Lipinski definition) is 14. The van der Waals surface area contributed by atoms with Crippen LogP contribution in [0.5, 0.6) is 11.8 Å². The van der Waals surface area contributed by atoms with Crippen LogP contribution in [0.2, 0.25) is 0 Å². The number of aromatic nitrogens is 5. The number of piperidine rings is 3. The lowest BCUT2D eigenvalue weighted by atomic mass is 9.87. The normalized spacial score (nSPS) is 24.5. The first-order valence-corrected chi connectivity index (χ1v) is 28.0. The van der Waals surface area contributed by atoms with Crippen molar-refractivity contribution < 1.29 is 42.5 Å². The minimum atomic E-state index is -0.749. The number of benzene rings is 3. The first-order valence-electron chi connectivity index (χ1n) is 28.0. The number of amides is 3. The molecule has 6 aromatic rings. The van der Waals surface area contributed by atoms with Crippen LogP contribution in [-0.2, 0) is 32.5 Å². The molecule has 13 rings (SSSR count). The second-order valence-corrected chi connectivity index (χ2v) is 22.6. The molecule has 17 nitrogen and oxygen atoms in total. The molecule has 7 aliphatic heterocycles. The summed E-state index contributed by atoms with van der Waals surface area (Å²) < 4.78 is 53.4. The van der Waals surface area contributed by atoms with Crippen LogP contribution in [0.15, 0.2) is 42.5 Å². The summed E-state index contributed by atoms with van der Waals surface area (Å²) in [7, 11) is 1.91. The Morgan fingerprint density at radius 3 is 2.58 bits per heavy atom. The number of fused-ring (bicyclic) bond motifs is 5. The number of phenolic OH excluding ortho intramolecular Hbond substituents is 1. The maximum Gasteiger partial charge on any atom is 0.409 e. The van der Waals surface area contributed by atoms with Gasteiger partial charge in [0.05, 0.1) is 52.0 Å². The van der Waals surface area contributed by atoms with Crippen molar-refractivity contribution in [2.24, 2.45) is 7.05 Å². The number of likely N-dealkylation sites (tertiary alicyclic amines) is 2. The van der Waals surface area contributed by atoms with Gasteiger partial charge in [-0.2, -0.15) is 15.1 Å². The zero-order chi connectivity index (χ0) is 53.4. The van der Waals surface area contributed by atoms with Gasteiger partial charge in [-0.25, -0.2) is 18.6 Å². The van der Waals surface area contributed by atoms with Crippen LogP contribution in [0.1, 0.15) is 111 Å². The van der Waals surface area contributed by atoms with E-state index in [4.69, 9.17) is 40.7 Å². The van der Waals surface area contributed by atoms with Gasteiger partial charge < -0.3 is 34.0 Å². The number of carbonyl (C=O) groups excluding carboxylic acids is 3. The summed E-state index contributed by atoms with van der Waals surface area (Å²) in [6, 6.07) is 12.5. The van der Waals surface area contributed by atoms with E-state index in [-0.39, 0.29) is 88.2 Å². The van der Waals surface area contributed by atoms with Crippen molar-refractivity contribution in [2.75, 3.05) is 70.6 Å². The Bertz CT molecular complexity index is 3440. The van der Waals surface area contributed by atoms with E-state index in [9.17, 15) is 19.5 Å². The lowest BCUT2D eigenvalue weighted by Gasteiger charge is -2.41. The molecule has 10 heterocycles. The van der Waals surface area contributed by atoms with E-state index in [1.165, 1.54) is 29.8 Å². The van der Waals surface area contributed by atoms with Gasteiger partial charge in [0.15, 0.2) is 5.82 Å². The lowest BCUT2D eigenvalue weighted by Crippen LogP contribution is -2.50. The summed E-state index contributed by atoms with van der Waals surface area (Å²) in [6.45, 7) is 6.37. The highest BCUT2D eigenvalue weighted by Crippen LogP contribution is 2.45. The fraction of sp³-hybridized carbons (Fsp3) is 0.508. The molecule has 2 N–H and O–H groups in total. The number of ether oxygens (including phenoxy) is 3. The van der Waals surface area contributed by atoms with E-state index in [1.54, 1.807) is 0 Å². The average molecular weight is 1060 g/mol. The molecule has 19 heteroatoms. The minimum Gasteiger partial charge on any atom is -0.508 e. The maximum absolute atomic E-state index is 17.5. The molecule has 0 radical (unpaired) electrons. The van der Waals surface area contributed by atoms with Gasteiger partial charge in [-0.05, 0) is 138 Å². The molecule has 4 atom stereocenters. The Morgan fingerprint density at radius 1 is 0.910 bits per heavy atom. The van der Waals surface area contributed by atoms with Gasteiger partial charge in [0, 0.05) is 68.1 Å². The third-order valence-corrected chi connectivity index (χ3v) is 18.3. The SMILES string of the molecule is C#Cc1c(F)ccc2cc(O)cc(-c3nc4c5c(nc(OC[C@@]67CCCN6[C@H](COC(=O)N6CCC(N8CCC(c9ccc%10c(C%11CCC(=O)NC%11=O)nn(C)c%10c9)CC8)CC6)CC7)nc5c3F)N3CCCOC[C@@H]3CC4)c12. The molecule has 406 valence electrons. The zero-order valence-electron chi connectivity index (χ0n) is 43.9. The molecule has 6 fully saturated rings. The second-order valence-electron chi connectivity index (χ2n) is 22.6. The molecule has 0 aliphatic carbocycles. The summed E-state index contributed by atoms with van der Waals surface area (Å²) in [5, 5.41) is 20.3. The van der Waals surface area contributed by atoms with E-state index < -0.39 is 17.6 Å². The summed E-state index contributed by atoms with van der Waals surface area (Å²) >= 11 is 0. The van der Waals surface area contributed by atoms with Crippen molar-refractivity contribution in [3.63, 3.8) is 0 Å². The van der Waals surface area contributed by atoms with Gasteiger partial charge in [-0.15, -0.1) is 6.42 Å². The molecule has 6 saturated heterocycles.